The zero-order valence-corrected chi connectivity index (χ0v) is 16.8. The van der Waals surface area contributed by atoms with Crippen molar-refractivity contribution in [1.29, 1.82) is 0 Å². The van der Waals surface area contributed by atoms with E-state index in [2.05, 4.69) is 36.4 Å². The molecule has 31 heavy (non-hydrogen) atoms. The molecule has 2 bridgehead atoms. The molecule has 3 aromatic rings. The molecule has 1 saturated heterocycles. The Hall–Kier alpha value is -3.66. The van der Waals surface area contributed by atoms with Gasteiger partial charge in [-0.1, -0.05) is 72.8 Å². The molecule has 3 aliphatic rings. The molecule has 2 amide bonds. The summed E-state index contributed by atoms with van der Waals surface area (Å²) in [7, 11) is 0. The van der Waals surface area contributed by atoms with Crippen molar-refractivity contribution in [3.8, 4) is 0 Å². The Morgan fingerprint density at radius 2 is 1.29 bits per heavy atom. The van der Waals surface area contributed by atoms with Gasteiger partial charge in [-0.3, -0.25) is 14.5 Å². The maximum atomic E-state index is 13.4. The van der Waals surface area contributed by atoms with Gasteiger partial charge in [0.15, 0.2) is 0 Å². The average molecular weight is 407 g/mol. The topological polar surface area (TPSA) is 50.5 Å². The number of hydrogen-bond acceptors (Lipinski definition) is 3. The highest BCUT2D eigenvalue weighted by molar-refractivity contribution is 6.08. The van der Waals surface area contributed by atoms with Crippen molar-refractivity contribution in [1.82, 2.24) is 4.90 Å². The minimum atomic E-state index is -0.324. The van der Waals surface area contributed by atoms with Crippen LogP contribution in [0, 0.1) is 23.7 Å². The highest BCUT2D eigenvalue weighted by Gasteiger charge is 2.62. The van der Waals surface area contributed by atoms with Gasteiger partial charge < -0.3 is 4.42 Å². The number of benzene rings is 2. The minimum Gasteiger partial charge on any atom is -0.467 e. The first kappa shape index (κ1) is 18.1. The highest BCUT2D eigenvalue weighted by Crippen LogP contribution is 2.58. The van der Waals surface area contributed by atoms with E-state index in [0.717, 1.165) is 16.7 Å². The number of carbonyl (C=O) groups is 2. The van der Waals surface area contributed by atoms with Gasteiger partial charge in [-0.25, -0.2) is 0 Å². The molecule has 0 spiro atoms. The number of amides is 2. The van der Waals surface area contributed by atoms with Crippen molar-refractivity contribution in [2.45, 2.75) is 6.54 Å². The molecule has 2 heterocycles. The number of hydrogen-bond donors (Lipinski definition) is 0. The summed E-state index contributed by atoms with van der Waals surface area (Å²) in [4.78, 5) is 28.1. The largest absolute Gasteiger partial charge is 0.467 e. The summed E-state index contributed by atoms with van der Waals surface area (Å²) in [5.41, 5.74) is 4.59. The number of rotatable bonds is 4. The molecule has 2 fully saturated rings. The molecule has 1 aliphatic heterocycles. The van der Waals surface area contributed by atoms with E-state index in [0.29, 0.717) is 5.76 Å². The Bertz CT molecular complexity index is 1130. The maximum absolute atomic E-state index is 13.4. The lowest BCUT2D eigenvalue weighted by Gasteiger charge is -2.21. The second kappa shape index (κ2) is 6.95. The number of likely N-dealkylation sites (tertiary alicyclic amines) is 1. The second-order valence-electron chi connectivity index (χ2n) is 8.39. The number of furan rings is 1. The third-order valence-electron chi connectivity index (χ3n) is 6.81. The van der Waals surface area contributed by atoms with Crippen LogP contribution in [0.5, 0.6) is 0 Å². The smallest absolute Gasteiger partial charge is 0.234 e. The average Bonchev–Trinajstić information content (AvgIpc) is 3.58. The monoisotopic (exact) mass is 407 g/mol. The van der Waals surface area contributed by atoms with Crippen molar-refractivity contribution < 1.29 is 14.0 Å². The molecule has 1 saturated carbocycles. The summed E-state index contributed by atoms with van der Waals surface area (Å²) in [5.74, 6) is -0.286. The van der Waals surface area contributed by atoms with Crippen molar-refractivity contribution >= 4 is 17.4 Å². The Balaban J connectivity index is 1.45. The van der Waals surface area contributed by atoms with Gasteiger partial charge in [0.05, 0.1) is 24.6 Å². The predicted octanol–water partition coefficient (Wildman–Crippen LogP) is 4.70. The molecule has 2 aromatic carbocycles. The summed E-state index contributed by atoms with van der Waals surface area (Å²) >= 11 is 0. The van der Waals surface area contributed by atoms with Crippen molar-refractivity contribution in [3.63, 3.8) is 0 Å². The molecule has 4 nitrogen and oxygen atoms in total. The number of allylic oxidation sites excluding steroid dienone is 3. The van der Waals surface area contributed by atoms with Crippen LogP contribution in [0.1, 0.15) is 16.9 Å². The lowest BCUT2D eigenvalue weighted by Crippen LogP contribution is -2.32. The third kappa shape index (κ3) is 2.68. The van der Waals surface area contributed by atoms with Crippen molar-refractivity contribution in [2.75, 3.05) is 0 Å². The van der Waals surface area contributed by atoms with E-state index < -0.39 is 0 Å². The predicted molar refractivity (Wildman–Crippen MR) is 116 cm³/mol. The molecule has 0 radical (unpaired) electrons. The molecule has 4 heteroatoms. The van der Waals surface area contributed by atoms with E-state index in [4.69, 9.17) is 4.42 Å². The molecular weight excluding hydrogens is 386 g/mol. The van der Waals surface area contributed by atoms with Crippen LogP contribution in [-0.4, -0.2) is 16.7 Å². The molecule has 2 aliphatic carbocycles. The van der Waals surface area contributed by atoms with Gasteiger partial charge in [0.2, 0.25) is 11.8 Å². The van der Waals surface area contributed by atoms with Crippen LogP contribution in [0.25, 0.3) is 5.57 Å². The maximum Gasteiger partial charge on any atom is 0.234 e. The number of carbonyl (C=O) groups excluding carboxylic acids is 2. The van der Waals surface area contributed by atoms with Gasteiger partial charge in [-0.15, -0.1) is 0 Å². The molecule has 6 rings (SSSR count). The summed E-state index contributed by atoms with van der Waals surface area (Å²) in [6.45, 7) is 0.209. The van der Waals surface area contributed by atoms with Crippen LogP contribution < -0.4 is 0 Å². The van der Waals surface area contributed by atoms with Gasteiger partial charge >= 0.3 is 0 Å². The Labute approximate surface area is 180 Å². The molecular formula is C27H21NO3. The Kier molecular flexibility index (Phi) is 4.06. The van der Waals surface area contributed by atoms with Gasteiger partial charge in [0.1, 0.15) is 5.76 Å². The first-order chi connectivity index (χ1) is 15.2. The van der Waals surface area contributed by atoms with Crippen LogP contribution >= 0.6 is 0 Å². The van der Waals surface area contributed by atoms with Gasteiger partial charge in [0, 0.05) is 11.8 Å². The van der Waals surface area contributed by atoms with Crippen LogP contribution in [0.15, 0.2) is 101 Å². The van der Waals surface area contributed by atoms with Crippen LogP contribution in [0.3, 0.4) is 0 Å². The summed E-state index contributed by atoms with van der Waals surface area (Å²) in [6, 6.07) is 24.2. The van der Waals surface area contributed by atoms with Gasteiger partial charge in [0.25, 0.3) is 0 Å². The zero-order valence-electron chi connectivity index (χ0n) is 16.8. The number of nitrogens with zero attached hydrogens (tertiary/aromatic N) is 1. The standard InChI is InChI=1S/C27H21NO3/c29-26-24-20-13-14-21(25(24)27(30)28(26)16-19-12-7-15-31-19)23(20)22(17-8-3-1-4-9-17)18-10-5-2-6-11-18/h1-15,20-21,24-25H,16H2/t20-,21-,24-,25+/m0/s1. The zero-order chi connectivity index (χ0) is 20.9. The SMILES string of the molecule is O=C1[C@@H]2[C@H](C(=O)N1Cc1ccco1)[C@H]1C=C[C@H]2C1=C(c1ccccc1)c1ccccc1. The fourth-order valence-electron chi connectivity index (χ4n) is 5.58. The van der Waals surface area contributed by atoms with E-state index in [1.54, 1.807) is 18.4 Å². The molecule has 0 unspecified atom stereocenters. The summed E-state index contributed by atoms with van der Waals surface area (Å²) in [6.07, 6.45) is 5.84. The van der Waals surface area contributed by atoms with Crippen LogP contribution in [-0.2, 0) is 16.1 Å². The highest BCUT2D eigenvalue weighted by atomic mass is 16.3. The molecule has 4 atom stereocenters. The first-order valence-corrected chi connectivity index (χ1v) is 10.6. The number of imide groups is 1. The Morgan fingerprint density at radius 3 is 1.77 bits per heavy atom. The molecule has 1 aromatic heterocycles. The molecule has 0 N–H and O–H groups in total. The van der Waals surface area contributed by atoms with Gasteiger partial charge in [-0.2, -0.15) is 0 Å². The van der Waals surface area contributed by atoms with E-state index >= 15 is 0 Å². The minimum absolute atomic E-state index is 0.0523. The molecule has 152 valence electrons. The lowest BCUT2D eigenvalue weighted by atomic mass is 9.85. The van der Waals surface area contributed by atoms with Crippen molar-refractivity contribution in [3.05, 3.63) is 114 Å². The fraction of sp³-hybridized carbons (Fsp3) is 0.185. The first-order valence-electron chi connectivity index (χ1n) is 10.6. The third-order valence-corrected chi connectivity index (χ3v) is 6.81. The van der Waals surface area contributed by atoms with E-state index in [9.17, 15) is 9.59 Å². The van der Waals surface area contributed by atoms with Crippen LogP contribution in [0.2, 0.25) is 0 Å². The summed E-state index contributed by atoms with van der Waals surface area (Å²) < 4.78 is 5.39. The van der Waals surface area contributed by atoms with E-state index in [-0.39, 0.29) is 42.0 Å². The van der Waals surface area contributed by atoms with E-state index in [1.165, 1.54) is 10.5 Å². The van der Waals surface area contributed by atoms with E-state index in [1.807, 2.05) is 36.4 Å². The number of fused-ring (bicyclic) bond motifs is 5. The lowest BCUT2D eigenvalue weighted by molar-refractivity contribution is -0.141. The van der Waals surface area contributed by atoms with Crippen molar-refractivity contribution in [2.24, 2.45) is 23.7 Å². The second-order valence-corrected chi connectivity index (χ2v) is 8.39. The summed E-state index contributed by atoms with van der Waals surface area (Å²) in [5, 5.41) is 0. The van der Waals surface area contributed by atoms with Gasteiger partial charge in [-0.05, 0) is 34.4 Å². The van der Waals surface area contributed by atoms with Crippen LogP contribution in [0.4, 0.5) is 0 Å². The Morgan fingerprint density at radius 1 is 0.742 bits per heavy atom. The quantitative estimate of drug-likeness (QED) is 0.465. The normalized spacial score (nSPS) is 26.1. The fourth-order valence-corrected chi connectivity index (χ4v) is 5.58.